The Balaban J connectivity index is 1.85. The van der Waals surface area contributed by atoms with Gasteiger partial charge in [-0.05, 0) is 43.3 Å². The molecule has 0 saturated carbocycles. The zero-order valence-corrected chi connectivity index (χ0v) is 15.1. The van der Waals surface area contributed by atoms with Crippen LogP contribution < -0.4 is 5.32 Å². The number of hydrogen-bond donors (Lipinski definition) is 1. The van der Waals surface area contributed by atoms with Crippen molar-refractivity contribution >= 4 is 17.4 Å². The van der Waals surface area contributed by atoms with Crippen molar-refractivity contribution in [2.75, 3.05) is 5.32 Å². The van der Waals surface area contributed by atoms with Crippen LogP contribution in [0, 0.1) is 12.7 Å². The van der Waals surface area contributed by atoms with Crippen LogP contribution in [-0.4, -0.2) is 30.1 Å². The monoisotopic (exact) mass is 364 g/mol. The minimum absolute atomic E-state index is 0.195. The molecule has 3 heterocycles. The van der Waals surface area contributed by atoms with E-state index in [1.165, 1.54) is 19.1 Å². The highest BCUT2D eigenvalue weighted by atomic mass is 19.1. The zero-order chi connectivity index (χ0) is 19.1. The first-order valence-electron chi connectivity index (χ1n) is 8.36. The van der Waals surface area contributed by atoms with Gasteiger partial charge in [0.05, 0.1) is 17.6 Å². The summed E-state index contributed by atoms with van der Waals surface area (Å²) in [4.78, 5) is 20.2. The van der Waals surface area contributed by atoms with Crippen LogP contribution in [0.1, 0.15) is 12.7 Å². The molecule has 27 heavy (non-hydrogen) atoms. The van der Waals surface area contributed by atoms with Crippen molar-refractivity contribution in [3.63, 3.8) is 0 Å². The summed E-state index contributed by atoms with van der Waals surface area (Å²) in [6.07, 6.45) is 1.65. The molecule has 0 fully saturated rings. The Bertz CT molecular complexity index is 1160. The third kappa shape index (κ3) is 3.05. The average molecular weight is 364 g/mol. The maximum absolute atomic E-state index is 13.3. The van der Waals surface area contributed by atoms with Crippen molar-refractivity contribution in [3.8, 4) is 22.6 Å². The van der Waals surface area contributed by atoms with Gasteiger partial charge >= 0.3 is 0 Å². The van der Waals surface area contributed by atoms with Crippen LogP contribution in [0.5, 0.6) is 0 Å². The number of nitrogens with one attached hydrogen (secondary N) is 1. The van der Waals surface area contributed by atoms with E-state index in [2.05, 4.69) is 20.4 Å². The summed E-state index contributed by atoms with van der Waals surface area (Å²) >= 11 is 0. The lowest BCUT2D eigenvalue weighted by atomic mass is 10.1. The number of aromatic nitrogens is 5. The van der Waals surface area contributed by atoms with Gasteiger partial charge in [-0.25, -0.2) is 18.9 Å². The summed E-state index contributed by atoms with van der Waals surface area (Å²) in [5.41, 5.74) is 3.66. The van der Waals surface area contributed by atoms with Crippen LogP contribution in [0.25, 0.3) is 28.3 Å². The lowest BCUT2D eigenvalue weighted by Gasteiger charge is -2.07. The number of rotatable bonds is 3. The van der Waals surface area contributed by atoms with Crippen LogP contribution in [0.15, 0.2) is 42.6 Å². The second kappa shape index (κ2) is 6.31. The van der Waals surface area contributed by atoms with E-state index in [1.807, 2.05) is 30.7 Å². The highest BCUT2D eigenvalue weighted by molar-refractivity contribution is 5.87. The number of anilines is 1. The summed E-state index contributed by atoms with van der Waals surface area (Å²) in [7, 11) is 1.91. The van der Waals surface area contributed by atoms with Gasteiger partial charge in [-0.15, -0.1) is 0 Å². The number of carbonyl (C=O) groups excluding carboxylic acids is 1. The van der Waals surface area contributed by atoms with Gasteiger partial charge in [0, 0.05) is 19.5 Å². The molecule has 0 bridgehead atoms. The van der Waals surface area contributed by atoms with E-state index < -0.39 is 0 Å². The maximum Gasteiger partial charge on any atom is 0.222 e. The Morgan fingerprint density at radius 2 is 1.85 bits per heavy atom. The predicted molar refractivity (Wildman–Crippen MR) is 99.6 cm³/mol. The second-order valence-corrected chi connectivity index (χ2v) is 6.25. The number of halogens is 1. The third-order valence-electron chi connectivity index (χ3n) is 4.30. The molecule has 4 aromatic rings. The minimum atomic E-state index is -0.295. The van der Waals surface area contributed by atoms with E-state index in [9.17, 15) is 9.18 Å². The molecule has 0 aliphatic rings. The SMILES string of the molecule is CC(=O)Nc1cn2nc(-c3c(-c4ccc(F)cc4)nc(C)n3C)ccc2n1. The number of fused-ring (bicyclic) bond motifs is 1. The van der Waals surface area contributed by atoms with Crippen molar-refractivity contribution in [1.82, 2.24) is 24.1 Å². The number of imidazole rings is 2. The van der Waals surface area contributed by atoms with Crippen molar-refractivity contribution in [3.05, 3.63) is 54.2 Å². The molecule has 0 aliphatic heterocycles. The Hall–Kier alpha value is -3.55. The van der Waals surface area contributed by atoms with Crippen molar-refractivity contribution in [2.24, 2.45) is 7.05 Å². The van der Waals surface area contributed by atoms with Crippen molar-refractivity contribution in [1.29, 1.82) is 0 Å². The van der Waals surface area contributed by atoms with Gasteiger partial charge in [0.1, 0.15) is 17.3 Å². The standard InChI is InChI=1S/C19H17FN6O/c1-11-21-18(13-4-6-14(20)7-5-13)19(25(11)3)15-8-9-17-23-16(22-12(2)27)10-26(17)24-15/h4-10H,1-3H3,(H,22,27). The van der Waals surface area contributed by atoms with Crippen LogP contribution in [0.2, 0.25) is 0 Å². The van der Waals surface area contributed by atoms with Gasteiger partial charge < -0.3 is 9.88 Å². The largest absolute Gasteiger partial charge is 0.330 e. The molecule has 0 spiro atoms. The molecule has 0 radical (unpaired) electrons. The highest BCUT2D eigenvalue weighted by Gasteiger charge is 2.18. The first-order valence-corrected chi connectivity index (χ1v) is 8.36. The fraction of sp³-hybridized carbons (Fsp3) is 0.158. The van der Waals surface area contributed by atoms with E-state index in [1.54, 1.807) is 22.8 Å². The molecular weight excluding hydrogens is 347 g/mol. The number of aryl methyl sites for hydroxylation is 1. The number of carbonyl (C=O) groups is 1. The Labute approximate surface area is 154 Å². The summed E-state index contributed by atoms with van der Waals surface area (Å²) in [5, 5.41) is 7.27. The van der Waals surface area contributed by atoms with E-state index >= 15 is 0 Å². The van der Waals surface area contributed by atoms with E-state index in [-0.39, 0.29) is 11.7 Å². The van der Waals surface area contributed by atoms with Gasteiger partial charge in [-0.3, -0.25) is 4.79 Å². The van der Waals surface area contributed by atoms with E-state index in [0.29, 0.717) is 17.2 Å². The summed E-state index contributed by atoms with van der Waals surface area (Å²) in [6, 6.07) is 9.90. The normalized spacial score (nSPS) is 11.1. The molecule has 0 atom stereocenters. The van der Waals surface area contributed by atoms with E-state index in [4.69, 9.17) is 0 Å². The van der Waals surface area contributed by atoms with E-state index in [0.717, 1.165) is 22.8 Å². The number of nitrogens with zero attached hydrogens (tertiary/aromatic N) is 5. The van der Waals surface area contributed by atoms with Gasteiger partial charge in [0.2, 0.25) is 5.91 Å². The lowest BCUT2D eigenvalue weighted by Crippen LogP contribution is -2.05. The molecule has 0 saturated heterocycles. The molecule has 1 N–H and O–H groups in total. The third-order valence-corrected chi connectivity index (χ3v) is 4.30. The molecule has 0 aliphatic carbocycles. The molecule has 3 aromatic heterocycles. The lowest BCUT2D eigenvalue weighted by molar-refractivity contribution is -0.114. The van der Waals surface area contributed by atoms with Gasteiger partial charge in [-0.1, -0.05) is 0 Å². The molecule has 7 nitrogen and oxygen atoms in total. The maximum atomic E-state index is 13.3. The zero-order valence-electron chi connectivity index (χ0n) is 15.1. The first-order chi connectivity index (χ1) is 12.9. The minimum Gasteiger partial charge on any atom is -0.330 e. The van der Waals surface area contributed by atoms with Gasteiger partial charge in [-0.2, -0.15) is 5.10 Å². The van der Waals surface area contributed by atoms with Crippen LogP contribution >= 0.6 is 0 Å². The second-order valence-electron chi connectivity index (χ2n) is 6.25. The molecule has 1 aromatic carbocycles. The summed E-state index contributed by atoms with van der Waals surface area (Å²) in [6.45, 7) is 3.33. The van der Waals surface area contributed by atoms with Gasteiger partial charge in [0.15, 0.2) is 11.5 Å². The van der Waals surface area contributed by atoms with Crippen LogP contribution in [0.4, 0.5) is 10.2 Å². The Morgan fingerprint density at radius 1 is 1.11 bits per heavy atom. The molecule has 0 unspecified atom stereocenters. The molecule has 4 rings (SSSR count). The molecule has 1 amide bonds. The van der Waals surface area contributed by atoms with Crippen molar-refractivity contribution in [2.45, 2.75) is 13.8 Å². The molecule has 136 valence electrons. The molecule has 8 heteroatoms. The smallest absolute Gasteiger partial charge is 0.222 e. The number of hydrogen-bond acceptors (Lipinski definition) is 4. The van der Waals surface area contributed by atoms with Crippen LogP contribution in [0.3, 0.4) is 0 Å². The van der Waals surface area contributed by atoms with Gasteiger partial charge in [0.25, 0.3) is 0 Å². The fourth-order valence-corrected chi connectivity index (χ4v) is 2.96. The Morgan fingerprint density at radius 3 is 2.56 bits per heavy atom. The van der Waals surface area contributed by atoms with Crippen LogP contribution in [-0.2, 0) is 11.8 Å². The fourth-order valence-electron chi connectivity index (χ4n) is 2.96. The summed E-state index contributed by atoms with van der Waals surface area (Å²) < 4.78 is 16.9. The first kappa shape index (κ1) is 16.9. The topological polar surface area (TPSA) is 77.1 Å². The summed E-state index contributed by atoms with van der Waals surface area (Å²) in [5.74, 6) is 0.763. The Kier molecular flexibility index (Phi) is 3.95. The average Bonchev–Trinajstić information content (AvgIpc) is 3.15. The highest BCUT2D eigenvalue weighted by Crippen LogP contribution is 2.31. The number of benzene rings is 1. The quantitative estimate of drug-likeness (QED) is 0.606. The van der Waals surface area contributed by atoms with Crippen molar-refractivity contribution < 1.29 is 9.18 Å². The number of amides is 1. The predicted octanol–water partition coefficient (Wildman–Crippen LogP) is 3.20. The molecular formula is C19H17FN6O.